The quantitative estimate of drug-likeness (QED) is 0.674. The summed E-state index contributed by atoms with van der Waals surface area (Å²) in [7, 11) is 0. The largest absolute Gasteiger partial charge is 0.478 e. The van der Waals surface area contributed by atoms with Gasteiger partial charge in [0.25, 0.3) is 0 Å². The lowest BCUT2D eigenvalue weighted by Gasteiger charge is -2.19. The van der Waals surface area contributed by atoms with Gasteiger partial charge in [-0.1, -0.05) is 43.0 Å². The van der Waals surface area contributed by atoms with E-state index in [0.29, 0.717) is 0 Å². The molecule has 0 aromatic heterocycles. The van der Waals surface area contributed by atoms with Gasteiger partial charge in [0.2, 0.25) is 0 Å². The standard InChI is InChI=1S/C13H10O.C3H4O2/c1-3-7-12-10(5-1)9-11-6-2-4-8-13(11)14-12;1-2-3(4)5/h1-8H,9H2;2H,1H2,(H,4,5). The second-order valence-electron chi connectivity index (χ2n) is 4.04. The Morgan fingerprint density at radius 2 is 1.47 bits per heavy atom. The van der Waals surface area contributed by atoms with Gasteiger partial charge in [-0.05, 0) is 23.3 Å². The van der Waals surface area contributed by atoms with Crippen molar-refractivity contribution in [2.24, 2.45) is 0 Å². The molecule has 1 heterocycles. The molecule has 1 N–H and O–H groups in total. The number of rotatable bonds is 1. The third kappa shape index (κ3) is 3.22. The fraction of sp³-hybridized carbons (Fsp3) is 0.0625. The minimum Gasteiger partial charge on any atom is -0.478 e. The van der Waals surface area contributed by atoms with Gasteiger partial charge in [0.05, 0.1) is 0 Å². The van der Waals surface area contributed by atoms with Crippen LogP contribution in [-0.4, -0.2) is 11.1 Å². The maximum absolute atomic E-state index is 9.25. The summed E-state index contributed by atoms with van der Waals surface area (Å²) in [5.41, 5.74) is 2.54. The molecule has 2 aromatic carbocycles. The molecule has 0 radical (unpaired) electrons. The molecule has 0 fully saturated rings. The first-order valence-corrected chi connectivity index (χ1v) is 5.89. The molecule has 0 unspecified atom stereocenters. The summed E-state index contributed by atoms with van der Waals surface area (Å²) in [6, 6.07) is 16.4. The summed E-state index contributed by atoms with van der Waals surface area (Å²) in [6.45, 7) is 2.96. The number of aliphatic carboxylic acids is 1. The molecule has 2 aromatic rings. The molecule has 0 amide bonds. The van der Waals surface area contributed by atoms with Crippen LogP contribution in [0.15, 0.2) is 61.2 Å². The van der Waals surface area contributed by atoms with Crippen LogP contribution in [0.2, 0.25) is 0 Å². The van der Waals surface area contributed by atoms with Crippen LogP contribution >= 0.6 is 0 Å². The third-order valence-electron chi connectivity index (χ3n) is 2.72. The van der Waals surface area contributed by atoms with Gasteiger partial charge >= 0.3 is 5.97 Å². The van der Waals surface area contributed by atoms with E-state index in [2.05, 4.69) is 30.8 Å². The Hall–Kier alpha value is -2.55. The lowest BCUT2D eigenvalue weighted by atomic mass is 10.0. The number of carboxylic acids is 1. The summed E-state index contributed by atoms with van der Waals surface area (Å²) in [6.07, 6.45) is 1.81. The molecular weight excluding hydrogens is 240 g/mol. The predicted octanol–water partition coefficient (Wildman–Crippen LogP) is 3.64. The SMILES string of the molecule is C=CC(=O)O.c1ccc2c(c1)Cc1ccccc1O2. The maximum Gasteiger partial charge on any atom is 0.327 e. The van der Waals surface area contributed by atoms with E-state index in [-0.39, 0.29) is 0 Å². The Morgan fingerprint density at radius 3 is 1.89 bits per heavy atom. The Labute approximate surface area is 111 Å². The lowest BCUT2D eigenvalue weighted by molar-refractivity contribution is -0.131. The fourth-order valence-electron chi connectivity index (χ4n) is 1.82. The van der Waals surface area contributed by atoms with Crippen LogP contribution in [0.3, 0.4) is 0 Å². The summed E-state index contributed by atoms with van der Waals surface area (Å²) in [5.74, 6) is 1.00. The molecule has 19 heavy (non-hydrogen) atoms. The van der Waals surface area contributed by atoms with Gasteiger partial charge in [0.15, 0.2) is 0 Å². The zero-order chi connectivity index (χ0) is 13.7. The molecular formula is C16H14O3. The number of ether oxygens (including phenoxy) is 1. The summed E-state index contributed by atoms with van der Waals surface area (Å²) in [4.78, 5) is 9.25. The number of hydrogen-bond acceptors (Lipinski definition) is 2. The van der Waals surface area contributed by atoms with Crippen molar-refractivity contribution in [1.82, 2.24) is 0 Å². The van der Waals surface area contributed by atoms with Crippen LogP contribution in [0.25, 0.3) is 0 Å². The van der Waals surface area contributed by atoms with Gasteiger partial charge in [0, 0.05) is 12.5 Å². The molecule has 0 aliphatic carbocycles. The zero-order valence-electron chi connectivity index (χ0n) is 10.4. The van der Waals surface area contributed by atoms with Gasteiger partial charge in [-0.2, -0.15) is 0 Å². The number of carbonyl (C=O) groups is 1. The van der Waals surface area contributed by atoms with E-state index in [1.54, 1.807) is 0 Å². The van der Waals surface area contributed by atoms with Crippen LogP contribution in [0.1, 0.15) is 11.1 Å². The number of benzene rings is 2. The first kappa shape index (κ1) is 12.9. The average molecular weight is 254 g/mol. The number of para-hydroxylation sites is 2. The minimum absolute atomic E-state index is 0.833. The fourth-order valence-corrected chi connectivity index (χ4v) is 1.82. The summed E-state index contributed by atoms with van der Waals surface area (Å²) in [5, 5.41) is 7.60. The number of carboxylic acid groups (broad SMARTS) is 1. The highest BCUT2D eigenvalue weighted by Gasteiger charge is 2.14. The monoisotopic (exact) mass is 254 g/mol. The predicted molar refractivity (Wildman–Crippen MR) is 73.6 cm³/mol. The van der Waals surface area contributed by atoms with Crippen molar-refractivity contribution in [3.8, 4) is 11.5 Å². The molecule has 96 valence electrons. The van der Waals surface area contributed by atoms with Crippen molar-refractivity contribution in [2.45, 2.75) is 6.42 Å². The van der Waals surface area contributed by atoms with E-state index in [0.717, 1.165) is 24.0 Å². The van der Waals surface area contributed by atoms with E-state index in [9.17, 15) is 4.79 Å². The number of fused-ring (bicyclic) bond motifs is 2. The molecule has 3 nitrogen and oxygen atoms in total. The second-order valence-corrected chi connectivity index (χ2v) is 4.04. The van der Waals surface area contributed by atoms with Crippen molar-refractivity contribution >= 4 is 5.97 Å². The van der Waals surface area contributed by atoms with Crippen molar-refractivity contribution in [3.63, 3.8) is 0 Å². The van der Waals surface area contributed by atoms with Gasteiger partial charge in [-0.15, -0.1) is 0 Å². The minimum atomic E-state index is -0.981. The van der Waals surface area contributed by atoms with Crippen LogP contribution in [-0.2, 0) is 11.2 Å². The van der Waals surface area contributed by atoms with E-state index in [4.69, 9.17) is 9.84 Å². The van der Waals surface area contributed by atoms with E-state index < -0.39 is 5.97 Å². The van der Waals surface area contributed by atoms with Gasteiger partial charge < -0.3 is 9.84 Å². The van der Waals surface area contributed by atoms with Crippen LogP contribution in [0.4, 0.5) is 0 Å². The summed E-state index contributed by atoms with van der Waals surface area (Å²) < 4.78 is 5.78. The first-order valence-electron chi connectivity index (χ1n) is 5.89. The second kappa shape index (κ2) is 5.87. The first-order chi connectivity index (χ1) is 9.20. The molecule has 1 aliphatic heterocycles. The van der Waals surface area contributed by atoms with Crippen molar-refractivity contribution < 1.29 is 14.6 Å². The molecule has 3 heteroatoms. The summed E-state index contributed by atoms with van der Waals surface area (Å²) >= 11 is 0. The van der Waals surface area contributed by atoms with Gasteiger partial charge in [-0.25, -0.2) is 4.79 Å². The molecule has 3 rings (SSSR count). The average Bonchev–Trinajstić information content (AvgIpc) is 2.45. The third-order valence-corrected chi connectivity index (χ3v) is 2.72. The number of hydrogen-bond donors (Lipinski definition) is 1. The topological polar surface area (TPSA) is 46.5 Å². The molecule has 0 bridgehead atoms. The van der Waals surface area contributed by atoms with Crippen molar-refractivity contribution in [3.05, 3.63) is 72.3 Å². The zero-order valence-corrected chi connectivity index (χ0v) is 10.4. The van der Waals surface area contributed by atoms with Crippen molar-refractivity contribution in [1.29, 1.82) is 0 Å². The van der Waals surface area contributed by atoms with Crippen LogP contribution in [0, 0.1) is 0 Å². The highest BCUT2D eigenvalue weighted by atomic mass is 16.5. The highest BCUT2D eigenvalue weighted by Crippen LogP contribution is 2.35. The van der Waals surface area contributed by atoms with E-state index in [1.165, 1.54) is 11.1 Å². The Bertz CT molecular complexity index is 515. The molecule has 0 saturated heterocycles. The maximum atomic E-state index is 9.25. The smallest absolute Gasteiger partial charge is 0.327 e. The van der Waals surface area contributed by atoms with Crippen LogP contribution < -0.4 is 4.74 Å². The van der Waals surface area contributed by atoms with E-state index in [1.807, 2.05) is 24.3 Å². The Kier molecular flexibility index (Phi) is 3.98. The van der Waals surface area contributed by atoms with Gasteiger partial charge in [-0.3, -0.25) is 0 Å². The van der Waals surface area contributed by atoms with E-state index >= 15 is 0 Å². The molecule has 0 saturated carbocycles. The van der Waals surface area contributed by atoms with Crippen LogP contribution in [0.5, 0.6) is 11.5 Å². The Morgan fingerprint density at radius 1 is 1.05 bits per heavy atom. The molecule has 1 aliphatic rings. The Balaban J connectivity index is 0.000000232. The van der Waals surface area contributed by atoms with Gasteiger partial charge in [0.1, 0.15) is 11.5 Å². The van der Waals surface area contributed by atoms with Crippen molar-refractivity contribution in [2.75, 3.05) is 0 Å². The normalized spacial score (nSPS) is 10.9. The molecule has 0 spiro atoms. The highest BCUT2D eigenvalue weighted by molar-refractivity contribution is 5.78. The lowest BCUT2D eigenvalue weighted by Crippen LogP contribution is -2.01. The molecule has 0 atom stereocenters.